The van der Waals surface area contributed by atoms with Gasteiger partial charge in [-0.2, -0.15) is 0 Å². The van der Waals surface area contributed by atoms with Crippen molar-refractivity contribution in [3.63, 3.8) is 0 Å². The quantitative estimate of drug-likeness (QED) is 0.486. The molecule has 4 aliphatic rings. The summed E-state index contributed by atoms with van der Waals surface area (Å²) in [5, 5.41) is 23.6. The van der Waals surface area contributed by atoms with Crippen LogP contribution in [0, 0.1) is 11.6 Å². The molecule has 2 aliphatic heterocycles. The van der Waals surface area contributed by atoms with Gasteiger partial charge in [0.1, 0.15) is 6.67 Å². The lowest BCUT2D eigenvalue weighted by Crippen LogP contribution is -2.64. The Balaban J connectivity index is 1.34. The first-order valence-electron chi connectivity index (χ1n) is 13.3. The molecule has 7 rings (SSSR count). The second kappa shape index (κ2) is 9.32. The number of thioether (sulfide) groups is 1. The second-order valence-electron chi connectivity index (χ2n) is 11.0. The number of ether oxygens (including phenoxy) is 1. The smallest absolute Gasteiger partial charge is 0.278 e. The highest BCUT2D eigenvalue weighted by molar-refractivity contribution is 7.98. The SMILES string of the molecule is O=C1c2c(O)c(=O)ccn2N([C@@H]2c3ccccc3SCc3c2ccc(F)c3F)CN1C1CC(O)(COC2CC2)C1. The number of nitrogens with zero attached hydrogens (tertiary/aromatic N) is 3. The number of carbonyl (C=O) groups is 1. The van der Waals surface area contributed by atoms with Crippen molar-refractivity contribution < 1.29 is 28.5 Å². The number of pyridine rings is 1. The van der Waals surface area contributed by atoms with E-state index >= 15 is 4.39 Å². The number of benzene rings is 2. The molecular formula is C29H27F2N3O5S. The molecule has 2 aliphatic carbocycles. The van der Waals surface area contributed by atoms with Crippen LogP contribution in [0.15, 0.2) is 58.4 Å². The van der Waals surface area contributed by atoms with Crippen molar-refractivity contribution in [2.24, 2.45) is 0 Å². The molecule has 0 saturated heterocycles. The van der Waals surface area contributed by atoms with Crippen molar-refractivity contribution in [1.82, 2.24) is 9.58 Å². The van der Waals surface area contributed by atoms with Crippen LogP contribution in [-0.2, 0) is 10.5 Å². The normalized spacial score (nSPS) is 25.5. The number of rotatable bonds is 5. The zero-order valence-electron chi connectivity index (χ0n) is 21.4. The summed E-state index contributed by atoms with van der Waals surface area (Å²) in [5.41, 5.74) is -0.405. The molecule has 0 bridgehead atoms. The van der Waals surface area contributed by atoms with E-state index in [1.54, 1.807) is 16.0 Å². The van der Waals surface area contributed by atoms with Crippen molar-refractivity contribution in [3.05, 3.63) is 92.9 Å². The van der Waals surface area contributed by atoms with E-state index in [2.05, 4.69) is 0 Å². The average molecular weight is 568 g/mol. The largest absolute Gasteiger partial charge is 0.502 e. The number of aromatic hydroxyl groups is 1. The zero-order valence-corrected chi connectivity index (χ0v) is 22.2. The number of amides is 1. The molecule has 2 saturated carbocycles. The molecule has 1 atom stereocenters. The monoisotopic (exact) mass is 567 g/mol. The van der Waals surface area contributed by atoms with Crippen LogP contribution in [0.4, 0.5) is 8.78 Å². The van der Waals surface area contributed by atoms with Crippen molar-refractivity contribution >= 4 is 17.7 Å². The molecule has 0 spiro atoms. The summed E-state index contributed by atoms with van der Waals surface area (Å²) in [7, 11) is 0. The number of halogens is 2. The molecule has 1 amide bonds. The summed E-state index contributed by atoms with van der Waals surface area (Å²) in [4.78, 5) is 28.6. The van der Waals surface area contributed by atoms with Gasteiger partial charge >= 0.3 is 0 Å². The standard InChI is InChI=1S/C29H27F2N3O5S/c30-21-8-7-18-20(24(21)31)13-40-23-4-2-1-3-19(23)25(18)34-15-32(16-11-29(38,12-16)14-39-17-5-6-17)28(37)26-27(36)22(35)9-10-33(26)34/h1-4,7-10,16-17,25,36,38H,5-6,11-15H2/t16?,25-,29?/m0/s1. The van der Waals surface area contributed by atoms with E-state index < -0.39 is 40.4 Å². The maximum Gasteiger partial charge on any atom is 0.278 e. The summed E-state index contributed by atoms with van der Waals surface area (Å²) in [6.45, 7) is 0.215. The lowest BCUT2D eigenvalue weighted by atomic mass is 9.75. The third-order valence-electron chi connectivity index (χ3n) is 8.29. The van der Waals surface area contributed by atoms with E-state index in [4.69, 9.17) is 4.74 Å². The van der Waals surface area contributed by atoms with E-state index in [0.29, 0.717) is 5.56 Å². The molecule has 8 nitrogen and oxygen atoms in total. The Labute approximate surface area is 232 Å². The van der Waals surface area contributed by atoms with Crippen LogP contribution in [0.5, 0.6) is 5.75 Å². The van der Waals surface area contributed by atoms with Crippen molar-refractivity contribution in [3.8, 4) is 5.75 Å². The molecule has 2 fully saturated rings. The Morgan fingerprint density at radius 2 is 1.82 bits per heavy atom. The van der Waals surface area contributed by atoms with Gasteiger partial charge < -0.3 is 19.8 Å². The minimum atomic E-state index is -1.06. The topological polar surface area (TPSA) is 95.2 Å². The van der Waals surface area contributed by atoms with Crippen LogP contribution in [-0.4, -0.2) is 56.7 Å². The molecule has 2 aromatic carbocycles. The lowest BCUT2D eigenvalue weighted by Gasteiger charge is -2.52. The fourth-order valence-corrected chi connectivity index (χ4v) is 7.11. The fraction of sp³-hybridized carbons (Fsp3) is 0.379. The molecule has 40 heavy (non-hydrogen) atoms. The van der Waals surface area contributed by atoms with Gasteiger partial charge in [-0.3, -0.25) is 19.3 Å². The predicted octanol–water partition coefficient (Wildman–Crippen LogP) is 3.65. The van der Waals surface area contributed by atoms with Gasteiger partial charge in [0.15, 0.2) is 23.1 Å². The van der Waals surface area contributed by atoms with Gasteiger partial charge in [0.2, 0.25) is 5.43 Å². The molecular weight excluding hydrogens is 540 g/mol. The Bertz CT molecular complexity index is 1590. The number of aromatic nitrogens is 1. The van der Waals surface area contributed by atoms with Crippen LogP contribution < -0.4 is 10.4 Å². The number of aliphatic hydroxyl groups is 1. The van der Waals surface area contributed by atoms with Gasteiger partial charge in [-0.05, 0) is 48.9 Å². The minimum absolute atomic E-state index is 0.0282. The van der Waals surface area contributed by atoms with Crippen LogP contribution >= 0.6 is 11.8 Å². The summed E-state index contributed by atoms with van der Waals surface area (Å²) in [6.07, 6.45) is 4.14. The molecule has 208 valence electrons. The van der Waals surface area contributed by atoms with Gasteiger partial charge in [0.25, 0.3) is 5.91 Å². The molecule has 11 heteroatoms. The van der Waals surface area contributed by atoms with E-state index in [9.17, 15) is 24.2 Å². The van der Waals surface area contributed by atoms with Crippen LogP contribution in [0.3, 0.4) is 0 Å². The van der Waals surface area contributed by atoms with Crippen molar-refractivity contribution in [1.29, 1.82) is 0 Å². The third-order valence-corrected chi connectivity index (χ3v) is 9.40. The minimum Gasteiger partial charge on any atom is -0.502 e. The maximum atomic E-state index is 15.2. The first-order valence-corrected chi connectivity index (χ1v) is 14.3. The van der Waals surface area contributed by atoms with Crippen LogP contribution in [0.1, 0.15) is 58.9 Å². The van der Waals surface area contributed by atoms with E-state index in [1.807, 2.05) is 24.3 Å². The number of hydrogen-bond acceptors (Lipinski definition) is 7. The zero-order chi connectivity index (χ0) is 27.8. The van der Waals surface area contributed by atoms with Gasteiger partial charge in [-0.15, -0.1) is 11.8 Å². The highest BCUT2D eigenvalue weighted by atomic mass is 32.2. The average Bonchev–Trinajstić information content (AvgIpc) is 3.77. The predicted molar refractivity (Wildman–Crippen MR) is 143 cm³/mol. The Morgan fingerprint density at radius 3 is 2.60 bits per heavy atom. The Hall–Kier alpha value is -3.41. The lowest BCUT2D eigenvalue weighted by molar-refractivity contribution is -0.132. The maximum absolute atomic E-state index is 15.2. The Kier molecular flexibility index (Phi) is 5.95. The Morgan fingerprint density at radius 1 is 1.05 bits per heavy atom. The van der Waals surface area contributed by atoms with E-state index in [-0.39, 0.29) is 55.3 Å². The van der Waals surface area contributed by atoms with Crippen LogP contribution in [0.2, 0.25) is 0 Å². The molecule has 0 radical (unpaired) electrons. The van der Waals surface area contributed by atoms with Gasteiger partial charge in [0.05, 0.1) is 24.4 Å². The summed E-state index contributed by atoms with van der Waals surface area (Å²) in [5.74, 6) is -2.88. The number of fused-ring (bicyclic) bond motifs is 3. The molecule has 0 unspecified atom stereocenters. The highest BCUT2D eigenvalue weighted by Gasteiger charge is 2.50. The number of hydrogen-bond donors (Lipinski definition) is 2. The van der Waals surface area contributed by atoms with Gasteiger partial charge in [0, 0.05) is 34.5 Å². The van der Waals surface area contributed by atoms with Crippen LogP contribution in [0.25, 0.3) is 0 Å². The molecule has 2 N–H and O–H groups in total. The van der Waals surface area contributed by atoms with E-state index in [0.717, 1.165) is 29.4 Å². The van der Waals surface area contributed by atoms with Crippen molar-refractivity contribution in [2.45, 2.75) is 60.1 Å². The molecule has 3 aromatic rings. The summed E-state index contributed by atoms with van der Waals surface area (Å²) < 4.78 is 36.7. The molecule has 3 heterocycles. The third kappa shape index (κ3) is 4.10. The second-order valence-corrected chi connectivity index (χ2v) is 12.0. The van der Waals surface area contributed by atoms with Gasteiger partial charge in [-0.1, -0.05) is 24.3 Å². The first-order chi connectivity index (χ1) is 19.2. The summed E-state index contributed by atoms with van der Waals surface area (Å²) >= 11 is 1.40. The fourth-order valence-electron chi connectivity index (χ4n) is 5.99. The first kappa shape index (κ1) is 25.6. The van der Waals surface area contributed by atoms with Gasteiger partial charge in [-0.25, -0.2) is 8.78 Å². The van der Waals surface area contributed by atoms with Crippen molar-refractivity contribution in [2.75, 3.05) is 18.3 Å². The highest BCUT2D eigenvalue weighted by Crippen LogP contribution is 2.45. The molecule has 1 aromatic heterocycles. The summed E-state index contributed by atoms with van der Waals surface area (Å²) in [6, 6.07) is 10.3. The number of carbonyl (C=O) groups excluding carboxylic acids is 1. The van der Waals surface area contributed by atoms with E-state index in [1.165, 1.54) is 28.7 Å².